The number of likely N-dealkylation sites (tertiary alicyclic amines) is 1. The first-order valence-corrected chi connectivity index (χ1v) is 14.6. The summed E-state index contributed by atoms with van der Waals surface area (Å²) in [6.07, 6.45) is 5.90. The highest BCUT2D eigenvalue weighted by Crippen LogP contribution is 2.41. The van der Waals surface area contributed by atoms with Gasteiger partial charge in [0.05, 0.1) is 11.7 Å². The molecule has 1 aromatic heterocycles. The molecule has 1 aliphatic carbocycles. The number of piperazine rings is 1. The van der Waals surface area contributed by atoms with Gasteiger partial charge in [0.15, 0.2) is 0 Å². The maximum Gasteiger partial charge on any atom is 0.318 e. The molecule has 3 heterocycles. The van der Waals surface area contributed by atoms with Crippen molar-refractivity contribution in [1.29, 1.82) is 0 Å². The Kier molecular flexibility index (Phi) is 7.32. The summed E-state index contributed by atoms with van der Waals surface area (Å²) < 4.78 is 6.30. The third-order valence-electron chi connectivity index (χ3n) is 9.15. The predicted octanol–water partition coefficient (Wildman–Crippen LogP) is 4.82. The van der Waals surface area contributed by atoms with Crippen molar-refractivity contribution in [3.05, 3.63) is 78.1 Å². The van der Waals surface area contributed by atoms with E-state index in [4.69, 9.17) is 14.7 Å². The molecule has 2 fully saturated rings. The Bertz CT molecular complexity index is 1500. The molecule has 41 heavy (non-hydrogen) atoms. The van der Waals surface area contributed by atoms with E-state index in [2.05, 4.69) is 49.1 Å². The van der Waals surface area contributed by atoms with E-state index in [-0.39, 0.29) is 23.9 Å². The fraction of sp³-hybridized carbons (Fsp3) is 0.424. The largest absolute Gasteiger partial charge is 0.508 e. The lowest BCUT2D eigenvalue weighted by Gasteiger charge is -2.41. The molecular weight excluding hydrogens is 514 g/mol. The average Bonchev–Trinajstić information content (AvgIpc) is 3.30. The maximum atomic E-state index is 12.3. The molecule has 1 amide bonds. The lowest BCUT2D eigenvalue weighted by molar-refractivity contribution is -0.126. The summed E-state index contributed by atoms with van der Waals surface area (Å²) in [7, 11) is 2.07. The number of hydrogen-bond donors (Lipinski definition) is 1. The molecule has 3 aliphatic rings. The molecule has 0 radical (unpaired) electrons. The number of rotatable bonds is 6. The zero-order valence-electron chi connectivity index (χ0n) is 24.1. The van der Waals surface area contributed by atoms with Crippen LogP contribution in [0.5, 0.6) is 11.8 Å². The first-order chi connectivity index (χ1) is 19.8. The highest BCUT2D eigenvalue weighted by molar-refractivity contribution is 5.88. The van der Waals surface area contributed by atoms with Crippen LogP contribution in [0, 0.1) is 0 Å². The number of benzene rings is 2. The van der Waals surface area contributed by atoms with Crippen molar-refractivity contribution in [2.24, 2.45) is 0 Å². The van der Waals surface area contributed by atoms with Crippen LogP contribution in [0.4, 0.5) is 5.82 Å². The van der Waals surface area contributed by atoms with Crippen LogP contribution in [0.1, 0.15) is 48.9 Å². The minimum Gasteiger partial charge on any atom is -0.508 e. The zero-order chi connectivity index (χ0) is 28.7. The summed E-state index contributed by atoms with van der Waals surface area (Å²) in [5.74, 6) is 1.40. The Morgan fingerprint density at radius 1 is 1.17 bits per heavy atom. The number of amides is 1. The van der Waals surface area contributed by atoms with Crippen molar-refractivity contribution < 1.29 is 14.6 Å². The Hall–Kier alpha value is -4.07. The van der Waals surface area contributed by atoms with Gasteiger partial charge < -0.3 is 24.5 Å². The van der Waals surface area contributed by atoms with Crippen molar-refractivity contribution in [2.45, 2.75) is 57.0 Å². The highest BCUT2D eigenvalue weighted by Gasteiger charge is 2.33. The molecule has 0 spiro atoms. The van der Waals surface area contributed by atoms with Gasteiger partial charge in [-0.1, -0.05) is 37.4 Å². The Labute approximate surface area is 241 Å². The minimum atomic E-state index is -0.0336. The fourth-order valence-corrected chi connectivity index (χ4v) is 6.73. The molecular formula is C33H39N5O3. The van der Waals surface area contributed by atoms with E-state index in [1.54, 1.807) is 0 Å². The average molecular weight is 554 g/mol. The molecule has 1 N–H and O–H groups in total. The third-order valence-corrected chi connectivity index (χ3v) is 9.15. The van der Waals surface area contributed by atoms with Crippen LogP contribution in [0.2, 0.25) is 0 Å². The van der Waals surface area contributed by atoms with E-state index in [0.29, 0.717) is 38.0 Å². The SMILES string of the molecule is C=CC(=O)N1CCN(c2nc(OC[C@H]3CCC(=C)N3C)nc3c2CC[C@H](c2cc(O)cc4ccccc24)C3)[C@@H](C)C1. The van der Waals surface area contributed by atoms with Gasteiger partial charge in [-0.25, -0.2) is 0 Å². The van der Waals surface area contributed by atoms with Gasteiger partial charge in [0.2, 0.25) is 5.91 Å². The smallest absolute Gasteiger partial charge is 0.318 e. The summed E-state index contributed by atoms with van der Waals surface area (Å²) in [6.45, 7) is 12.4. The van der Waals surface area contributed by atoms with Gasteiger partial charge in [-0.3, -0.25) is 4.79 Å². The third kappa shape index (κ3) is 5.23. The number of aromatic nitrogens is 2. The van der Waals surface area contributed by atoms with Gasteiger partial charge in [0.25, 0.3) is 0 Å². The molecule has 8 nitrogen and oxygen atoms in total. The molecule has 2 aromatic carbocycles. The molecule has 2 saturated heterocycles. The minimum absolute atomic E-state index is 0.0336. The monoisotopic (exact) mass is 553 g/mol. The second kappa shape index (κ2) is 11.1. The van der Waals surface area contributed by atoms with Crippen molar-refractivity contribution in [3.8, 4) is 11.8 Å². The number of phenolic OH excluding ortho intramolecular Hbond substituents is 1. The molecule has 2 aliphatic heterocycles. The standard InChI is InChI=1S/C33H39N5O3/c1-5-31(40)37-14-15-38(22(3)19-37)32-28-13-11-24(29-18-26(39)16-23-8-6-7-9-27(23)29)17-30(28)34-33(35-32)41-20-25-12-10-21(2)36(25)4/h5-9,16,18,22,24-25,39H,1-2,10-15,17,19-20H2,3-4H3/t22-,24-,25+/m0/s1. The van der Waals surface area contributed by atoms with Gasteiger partial charge in [-0.2, -0.15) is 9.97 Å². The number of hydrogen-bond acceptors (Lipinski definition) is 7. The van der Waals surface area contributed by atoms with E-state index in [9.17, 15) is 9.90 Å². The van der Waals surface area contributed by atoms with Crippen molar-refractivity contribution in [1.82, 2.24) is 19.8 Å². The van der Waals surface area contributed by atoms with Crippen molar-refractivity contribution in [3.63, 3.8) is 0 Å². The second-order valence-corrected chi connectivity index (χ2v) is 11.7. The topological polar surface area (TPSA) is 82.0 Å². The Balaban J connectivity index is 1.33. The summed E-state index contributed by atoms with van der Waals surface area (Å²) in [5, 5.41) is 12.7. The summed E-state index contributed by atoms with van der Waals surface area (Å²) in [4.78, 5) is 28.7. The Morgan fingerprint density at radius 3 is 2.76 bits per heavy atom. The van der Waals surface area contributed by atoms with E-state index in [1.807, 2.05) is 29.2 Å². The van der Waals surface area contributed by atoms with Crippen LogP contribution in [0.3, 0.4) is 0 Å². The number of likely N-dealkylation sites (N-methyl/N-ethyl adjacent to an activating group) is 1. The number of phenols is 1. The van der Waals surface area contributed by atoms with Crippen LogP contribution < -0.4 is 9.64 Å². The van der Waals surface area contributed by atoms with Gasteiger partial charge in [0.1, 0.15) is 18.2 Å². The first kappa shape index (κ1) is 27.1. The van der Waals surface area contributed by atoms with Crippen LogP contribution in [-0.2, 0) is 17.6 Å². The predicted molar refractivity (Wildman–Crippen MR) is 161 cm³/mol. The van der Waals surface area contributed by atoms with Crippen LogP contribution >= 0.6 is 0 Å². The number of aromatic hydroxyl groups is 1. The van der Waals surface area contributed by atoms with Gasteiger partial charge in [0, 0.05) is 44.0 Å². The van der Waals surface area contributed by atoms with E-state index in [1.165, 1.54) is 17.0 Å². The second-order valence-electron chi connectivity index (χ2n) is 11.7. The normalized spacial score (nSPS) is 22.6. The number of carbonyl (C=O) groups is 1. The first-order valence-electron chi connectivity index (χ1n) is 14.6. The number of nitrogens with zero attached hydrogens (tertiary/aromatic N) is 5. The number of fused-ring (bicyclic) bond motifs is 2. The van der Waals surface area contributed by atoms with Gasteiger partial charge in [-0.05, 0) is 79.5 Å². The van der Waals surface area contributed by atoms with E-state index in [0.717, 1.165) is 60.3 Å². The van der Waals surface area contributed by atoms with Crippen LogP contribution in [-0.4, -0.2) is 76.2 Å². The maximum absolute atomic E-state index is 12.3. The van der Waals surface area contributed by atoms with E-state index < -0.39 is 0 Å². The molecule has 0 saturated carbocycles. The molecule has 8 heteroatoms. The highest BCUT2D eigenvalue weighted by atomic mass is 16.5. The number of ether oxygens (including phenoxy) is 1. The quantitative estimate of drug-likeness (QED) is 0.439. The van der Waals surface area contributed by atoms with Crippen molar-refractivity contribution >= 4 is 22.5 Å². The molecule has 6 rings (SSSR count). The molecule has 3 aromatic rings. The molecule has 3 atom stereocenters. The fourth-order valence-electron chi connectivity index (χ4n) is 6.73. The lowest BCUT2D eigenvalue weighted by Crippen LogP contribution is -2.54. The zero-order valence-corrected chi connectivity index (χ0v) is 24.1. The van der Waals surface area contributed by atoms with E-state index >= 15 is 0 Å². The van der Waals surface area contributed by atoms with Gasteiger partial charge in [-0.15, -0.1) is 0 Å². The molecule has 214 valence electrons. The number of allylic oxidation sites excluding steroid dienone is 1. The number of carbonyl (C=O) groups excluding carboxylic acids is 1. The van der Waals surface area contributed by atoms with Gasteiger partial charge >= 0.3 is 6.01 Å². The van der Waals surface area contributed by atoms with Crippen LogP contribution in [0.15, 0.2) is 61.3 Å². The Morgan fingerprint density at radius 2 is 2.00 bits per heavy atom. The lowest BCUT2D eigenvalue weighted by atomic mass is 9.80. The molecule has 0 bridgehead atoms. The summed E-state index contributed by atoms with van der Waals surface area (Å²) >= 11 is 0. The summed E-state index contributed by atoms with van der Waals surface area (Å²) in [5.41, 5.74) is 4.46. The van der Waals surface area contributed by atoms with Crippen molar-refractivity contribution in [2.75, 3.05) is 38.2 Å². The molecule has 0 unspecified atom stereocenters. The van der Waals surface area contributed by atoms with Crippen LogP contribution in [0.25, 0.3) is 10.8 Å². The summed E-state index contributed by atoms with van der Waals surface area (Å²) in [6, 6.07) is 12.7. The number of anilines is 1.